The molecule has 2 aliphatic heterocycles. The van der Waals surface area contributed by atoms with Crippen molar-refractivity contribution in [1.82, 2.24) is 14.5 Å². The van der Waals surface area contributed by atoms with Crippen molar-refractivity contribution in [2.75, 3.05) is 24.5 Å². The third-order valence-electron chi connectivity index (χ3n) is 5.99. The molecule has 2 saturated heterocycles. The van der Waals surface area contributed by atoms with Crippen molar-refractivity contribution in [2.24, 2.45) is 12.5 Å². The Balaban J connectivity index is 1.44. The second-order valence-corrected chi connectivity index (χ2v) is 7.59. The van der Waals surface area contributed by atoms with Crippen LogP contribution in [0.25, 0.3) is 0 Å². The molecule has 0 radical (unpaired) electrons. The van der Waals surface area contributed by atoms with Gasteiger partial charge in [-0.15, -0.1) is 0 Å². The van der Waals surface area contributed by atoms with Crippen LogP contribution in [0.2, 0.25) is 0 Å². The van der Waals surface area contributed by atoms with E-state index in [0.29, 0.717) is 0 Å². The minimum Gasteiger partial charge on any atom is -0.337 e. The third kappa shape index (κ3) is 3.14. The maximum Gasteiger partial charge on any atom is 0.233 e. The minimum atomic E-state index is -0.267. The number of rotatable bonds is 3. The zero-order valence-electron chi connectivity index (χ0n) is 15.2. The molecule has 0 atom stereocenters. The molecule has 138 valence electrons. The number of nitrogens with zero attached hydrogens (tertiary/aromatic N) is 4. The molecule has 0 bridgehead atoms. The molecule has 0 aliphatic carbocycles. The van der Waals surface area contributed by atoms with E-state index in [9.17, 15) is 9.18 Å². The second kappa shape index (κ2) is 6.83. The molecule has 26 heavy (non-hydrogen) atoms. The summed E-state index contributed by atoms with van der Waals surface area (Å²) in [5.74, 6) is -0.0491. The number of hydrogen-bond acceptors (Lipinski definition) is 3. The average molecular weight is 356 g/mol. The van der Waals surface area contributed by atoms with Gasteiger partial charge in [0.25, 0.3) is 0 Å². The summed E-state index contributed by atoms with van der Waals surface area (Å²) in [7, 11) is 2.01. The van der Waals surface area contributed by atoms with Gasteiger partial charge in [0.2, 0.25) is 5.91 Å². The first kappa shape index (κ1) is 17.2. The normalized spacial score (nSPS) is 20.7. The summed E-state index contributed by atoms with van der Waals surface area (Å²) in [6, 6.07) is 6.29. The molecule has 2 aliphatic rings. The van der Waals surface area contributed by atoms with E-state index in [-0.39, 0.29) is 17.1 Å². The monoisotopic (exact) mass is 356 g/mol. The Morgan fingerprint density at radius 2 is 1.85 bits per heavy atom. The predicted molar refractivity (Wildman–Crippen MR) is 98.1 cm³/mol. The topological polar surface area (TPSA) is 41.4 Å². The number of carbonyl (C=O) groups is 1. The van der Waals surface area contributed by atoms with Crippen molar-refractivity contribution < 1.29 is 9.18 Å². The van der Waals surface area contributed by atoms with Crippen molar-refractivity contribution in [2.45, 2.75) is 32.2 Å². The summed E-state index contributed by atoms with van der Waals surface area (Å²) >= 11 is 0. The fraction of sp³-hybridized carbons (Fsp3) is 0.500. The van der Waals surface area contributed by atoms with E-state index in [1.165, 1.54) is 17.8 Å². The molecule has 3 heterocycles. The lowest BCUT2D eigenvalue weighted by molar-refractivity contribution is -0.133. The first-order chi connectivity index (χ1) is 12.6. The first-order valence-corrected chi connectivity index (χ1v) is 9.32. The highest BCUT2D eigenvalue weighted by Gasteiger charge is 2.45. The molecule has 2 aromatic rings. The number of hydrogen-bond donors (Lipinski definition) is 0. The molecule has 1 aromatic carbocycles. The van der Waals surface area contributed by atoms with Crippen LogP contribution < -0.4 is 4.90 Å². The lowest BCUT2D eigenvalue weighted by Crippen LogP contribution is -2.53. The van der Waals surface area contributed by atoms with Crippen molar-refractivity contribution in [3.05, 3.63) is 48.3 Å². The van der Waals surface area contributed by atoms with Crippen LogP contribution in [0.3, 0.4) is 0 Å². The minimum absolute atomic E-state index is 0.218. The van der Waals surface area contributed by atoms with Crippen molar-refractivity contribution in [3.63, 3.8) is 0 Å². The molecular formula is C20H25FN4O. The summed E-state index contributed by atoms with van der Waals surface area (Å²) in [6.07, 6.45) is 7.48. The van der Waals surface area contributed by atoms with Gasteiger partial charge in [-0.1, -0.05) is 0 Å². The van der Waals surface area contributed by atoms with Crippen LogP contribution in [-0.4, -0.2) is 40.0 Å². The molecule has 1 amide bonds. The summed E-state index contributed by atoms with van der Waals surface area (Å²) in [4.78, 5) is 21.7. The van der Waals surface area contributed by atoms with Crippen molar-refractivity contribution >= 4 is 11.6 Å². The number of amides is 1. The summed E-state index contributed by atoms with van der Waals surface area (Å²) in [5.41, 5.74) is 1.76. The summed E-state index contributed by atoms with van der Waals surface area (Å²) in [5, 5.41) is 0. The number of aryl methyl sites for hydroxylation is 1. The molecule has 4 rings (SSSR count). The van der Waals surface area contributed by atoms with Gasteiger partial charge in [0.1, 0.15) is 5.82 Å². The second-order valence-electron chi connectivity index (χ2n) is 7.59. The fourth-order valence-corrected chi connectivity index (χ4v) is 4.31. The summed E-state index contributed by atoms with van der Waals surface area (Å²) in [6.45, 7) is 3.45. The molecule has 5 nitrogen and oxygen atoms in total. The highest BCUT2D eigenvalue weighted by molar-refractivity contribution is 5.98. The Morgan fingerprint density at radius 3 is 2.50 bits per heavy atom. The average Bonchev–Trinajstić information content (AvgIpc) is 3.05. The van der Waals surface area contributed by atoms with Crippen molar-refractivity contribution in [1.29, 1.82) is 0 Å². The molecule has 1 aromatic heterocycles. The SMILES string of the molecule is Cn1cncc1CN1CCC2(CCCN(c3ccc(F)cc3)C2=O)CC1. The maximum atomic E-state index is 13.3. The number of aromatic nitrogens is 2. The van der Waals surface area contributed by atoms with Gasteiger partial charge >= 0.3 is 0 Å². The predicted octanol–water partition coefficient (Wildman–Crippen LogP) is 2.97. The molecule has 1 spiro atoms. The molecule has 0 unspecified atom stereocenters. The number of halogens is 1. The number of likely N-dealkylation sites (tertiary alicyclic amines) is 1. The van der Waals surface area contributed by atoms with Crippen LogP contribution >= 0.6 is 0 Å². The number of anilines is 1. The van der Waals surface area contributed by atoms with E-state index >= 15 is 0 Å². The lowest BCUT2D eigenvalue weighted by atomic mass is 9.71. The fourth-order valence-electron chi connectivity index (χ4n) is 4.31. The summed E-state index contributed by atoms with van der Waals surface area (Å²) < 4.78 is 15.3. The third-order valence-corrected chi connectivity index (χ3v) is 5.99. The number of piperidine rings is 2. The van der Waals surface area contributed by atoms with Gasteiger partial charge in [-0.05, 0) is 63.0 Å². The zero-order chi connectivity index (χ0) is 18.1. The Labute approximate surface area is 153 Å². The van der Waals surface area contributed by atoms with Crippen LogP contribution in [0, 0.1) is 11.2 Å². The van der Waals surface area contributed by atoms with Gasteiger partial charge in [0.15, 0.2) is 0 Å². The van der Waals surface area contributed by atoms with Gasteiger partial charge in [0, 0.05) is 32.0 Å². The Bertz CT molecular complexity index is 777. The van der Waals surface area contributed by atoms with Crippen LogP contribution in [0.4, 0.5) is 10.1 Å². The number of benzene rings is 1. The Hall–Kier alpha value is -2.21. The highest BCUT2D eigenvalue weighted by Crippen LogP contribution is 2.42. The quantitative estimate of drug-likeness (QED) is 0.849. The Morgan fingerprint density at radius 1 is 1.12 bits per heavy atom. The number of imidazole rings is 1. The standard InChI is InChI=1S/C20H25FN4O/c1-23-15-22-13-18(23)14-24-11-8-20(9-12-24)7-2-10-25(19(20)26)17-5-3-16(21)4-6-17/h3-6,13,15H,2,7-12,14H2,1H3. The van der Waals surface area contributed by atoms with E-state index in [2.05, 4.69) is 9.88 Å². The van der Waals surface area contributed by atoms with E-state index in [0.717, 1.165) is 57.5 Å². The molecule has 6 heteroatoms. The van der Waals surface area contributed by atoms with Crippen LogP contribution in [-0.2, 0) is 18.4 Å². The van der Waals surface area contributed by atoms with Crippen LogP contribution in [0.1, 0.15) is 31.4 Å². The van der Waals surface area contributed by atoms with Crippen molar-refractivity contribution in [3.8, 4) is 0 Å². The van der Waals surface area contributed by atoms with E-state index in [1.807, 2.05) is 29.0 Å². The van der Waals surface area contributed by atoms with Crippen LogP contribution in [0.15, 0.2) is 36.8 Å². The number of carbonyl (C=O) groups excluding carboxylic acids is 1. The molecular weight excluding hydrogens is 331 g/mol. The zero-order valence-corrected chi connectivity index (χ0v) is 15.2. The largest absolute Gasteiger partial charge is 0.337 e. The van der Waals surface area contributed by atoms with Gasteiger partial charge < -0.3 is 9.47 Å². The van der Waals surface area contributed by atoms with Gasteiger partial charge in [-0.2, -0.15) is 0 Å². The van der Waals surface area contributed by atoms with E-state index in [1.54, 1.807) is 12.1 Å². The highest BCUT2D eigenvalue weighted by atomic mass is 19.1. The van der Waals surface area contributed by atoms with Gasteiger partial charge in [-0.3, -0.25) is 9.69 Å². The van der Waals surface area contributed by atoms with Crippen LogP contribution in [0.5, 0.6) is 0 Å². The molecule has 2 fully saturated rings. The van der Waals surface area contributed by atoms with E-state index in [4.69, 9.17) is 0 Å². The first-order valence-electron chi connectivity index (χ1n) is 9.32. The molecule has 0 N–H and O–H groups in total. The van der Waals surface area contributed by atoms with Gasteiger partial charge in [-0.25, -0.2) is 9.37 Å². The Kier molecular flexibility index (Phi) is 4.53. The smallest absolute Gasteiger partial charge is 0.233 e. The van der Waals surface area contributed by atoms with E-state index < -0.39 is 0 Å². The molecule has 0 saturated carbocycles. The maximum absolute atomic E-state index is 13.3. The lowest BCUT2D eigenvalue weighted by Gasteiger charge is -2.46. The van der Waals surface area contributed by atoms with Gasteiger partial charge in [0.05, 0.1) is 17.4 Å².